The molecule has 3 heteroatoms. The Morgan fingerprint density at radius 3 is 1.95 bits per heavy atom. The number of aromatic carboxylic acids is 1. The summed E-state index contributed by atoms with van der Waals surface area (Å²) < 4.78 is 0. The fourth-order valence-corrected chi connectivity index (χ4v) is 12.1. The molecule has 248 valence electrons. The van der Waals surface area contributed by atoms with E-state index in [1.807, 2.05) is 13.8 Å². The fourth-order valence-electron chi connectivity index (χ4n) is 12.1. The monoisotopic (exact) mass is 599 g/mol. The average Bonchev–Trinajstić information content (AvgIpc) is 3.39. The van der Waals surface area contributed by atoms with Crippen LogP contribution in [0, 0.1) is 51.2 Å². The van der Waals surface area contributed by atoms with Crippen LogP contribution in [0.3, 0.4) is 0 Å². The van der Waals surface area contributed by atoms with Gasteiger partial charge < -0.3 is 10.2 Å². The van der Waals surface area contributed by atoms with Crippen molar-refractivity contribution in [2.45, 2.75) is 153 Å². The number of fused-ring (bicyclic) bond motifs is 7. The minimum absolute atomic E-state index is 0. The number of rotatable bonds is 3. The van der Waals surface area contributed by atoms with Crippen molar-refractivity contribution < 1.29 is 15.0 Å². The van der Waals surface area contributed by atoms with Crippen LogP contribution in [0.15, 0.2) is 24.3 Å². The lowest BCUT2D eigenvalue weighted by Gasteiger charge is -2.69. The predicted molar refractivity (Wildman–Crippen MR) is 185 cm³/mol. The van der Waals surface area contributed by atoms with Crippen molar-refractivity contribution in [1.29, 1.82) is 0 Å². The van der Waals surface area contributed by atoms with Gasteiger partial charge >= 0.3 is 5.97 Å². The van der Waals surface area contributed by atoms with E-state index in [9.17, 15) is 15.0 Å². The van der Waals surface area contributed by atoms with E-state index in [0.717, 1.165) is 23.7 Å². The SMILES string of the molecule is C.C.CC.CC1(C)C(c2ccc(C(=O)O)cc2)CCC2(C)C1CCC1(C)C3CCC4(CO)CCCC4C3CCC12.CCC. The second-order valence-corrected chi connectivity index (χ2v) is 15.6. The number of benzene rings is 1. The molecule has 5 aliphatic carbocycles. The predicted octanol–water partition coefficient (Wildman–Crippen LogP) is 11.6. The summed E-state index contributed by atoms with van der Waals surface area (Å²) in [5.41, 5.74) is 3.02. The van der Waals surface area contributed by atoms with Crippen LogP contribution in [0.1, 0.15) is 169 Å². The lowest BCUT2D eigenvalue weighted by molar-refractivity contribution is -0.201. The zero-order chi connectivity index (χ0) is 30.2. The zero-order valence-corrected chi connectivity index (χ0v) is 27.8. The number of carbonyl (C=O) groups is 1. The highest BCUT2D eigenvalue weighted by Crippen LogP contribution is 2.74. The molecule has 0 saturated heterocycles. The van der Waals surface area contributed by atoms with Gasteiger partial charge in [-0.2, -0.15) is 0 Å². The van der Waals surface area contributed by atoms with Crippen molar-refractivity contribution in [1.82, 2.24) is 0 Å². The molecule has 2 N–H and O–H groups in total. The summed E-state index contributed by atoms with van der Waals surface area (Å²) in [5.74, 6) is 3.64. The van der Waals surface area contributed by atoms with Gasteiger partial charge in [0.2, 0.25) is 0 Å². The molecule has 0 heterocycles. The first kappa shape index (κ1) is 37.8. The highest BCUT2D eigenvalue weighted by Gasteiger charge is 2.66. The third-order valence-corrected chi connectivity index (χ3v) is 13.6. The van der Waals surface area contributed by atoms with Crippen LogP contribution in [0.4, 0.5) is 0 Å². The van der Waals surface area contributed by atoms with Crippen molar-refractivity contribution in [3.8, 4) is 0 Å². The van der Waals surface area contributed by atoms with Gasteiger partial charge in [-0.25, -0.2) is 4.79 Å². The molecule has 6 rings (SSSR count). The molecule has 5 saturated carbocycles. The Morgan fingerprint density at radius 1 is 0.767 bits per heavy atom. The summed E-state index contributed by atoms with van der Waals surface area (Å²) in [6.07, 6.45) is 15.8. The minimum Gasteiger partial charge on any atom is -0.478 e. The van der Waals surface area contributed by atoms with Crippen LogP contribution in [-0.2, 0) is 0 Å². The number of aliphatic hydroxyl groups excluding tert-OH is 1. The van der Waals surface area contributed by atoms with E-state index in [-0.39, 0.29) is 25.7 Å². The Balaban J connectivity index is 0.000000870. The first-order chi connectivity index (χ1) is 19.5. The highest BCUT2D eigenvalue weighted by molar-refractivity contribution is 5.87. The first-order valence-electron chi connectivity index (χ1n) is 17.4. The lowest BCUT2D eigenvalue weighted by Crippen LogP contribution is -2.62. The van der Waals surface area contributed by atoms with Crippen molar-refractivity contribution in [3.63, 3.8) is 0 Å². The van der Waals surface area contributed by atoms with Crippen molar-refractivity contribution >= 4 is 5.97 Å². The molecule has 1 aromatic carbocycles. The fraction of sp³-hybridized carbons (Fsp3) is 0.825. The molecule has 5 fully saturated rings. The van der Waals surface area contributed by atoms with Gasteiger partial charge in [-0.05, 0) is 139 Å². The zero-order valence-electron chi connectivity index (χ0n) is 27.8. The van der Waals surface area contributed by atoms with E-state index >= 15 is 0 Å². The maximum atomic E-state index is 11.4. The molecule has 9 atom stereocenters. The molecule has 0 aromatic heterocycles. The van der Waals surface area contributed by atoms with Crippen LogP contribution < -0.4 is 0 Å². The quantitative estimate of drug-likeness (QED) is 0.364. The third kappa shape index (κ3) is 6.12. The normalized spacial score (nSPS) is 40.1. The molecule has 9 unspecified atom stereocenters. The molecule has 0 amide bonds. The van der Waals surface area contributed by atoms with Gasteiger partial charge in [0.1, 0.15) is 0 Å². The third-order valence-electron chi connectivity index (χ3n) is 13.6. The van der Waals surface area contributed by atoms with E-state index in [1.54, 1.807) is 12.1 Å². The van der Waals surface area contributed by atoms with Crippen LogP contribution in [-0.4, -0.2) is 22.8 Å². The van der Waals surface area contributed by atoms with Gasteiger partial charge in [-0.3, -0.25) is 0 Å². The Bertz CT molecular complexity index is 1030. The molecule has 3 nitrogen and oxygen atoms in total. The number of hydrogen-bond donors (Lipinski definition) is 2. The highest BCUT2D eigenvalue weighted by atomic mass is 16.4. The second-order valence-electron chi connectivity index (χ2n) is 15.6. The summed E-state index contributed by atoms with van der Waals surface area (Å²) in [7, 11) is 0. The van der Waals surface area contributed by atoms with E-state index in [1.165, 1.54) is 82.6 Å². The Morgan fingerprint density at radius 2 is 1.37 bits per heavy atom. The summed E-state index contributed by atoms with van der Waals surface area (Å²) in [5, 5.41) is 19.8. The average molecular weight is 599 g/mol. The van der Waals surface area contributed by atoms with Gasteiger partial charge in [0.15, 0.2) is 0 Å². The molecular formula is C40H70O3. The molecule has 0 bridgehead atoms. The van der Waals surface area contributed by atoms with E-state index in [2.05, 4.69) is 53.7 Å². The van der Waals surface area contributed by atoms with Crippen molar-refractivity contribution in [3.05, 3.63) is 35.4 Å². The molecular weight excluding hydrogens is 528 g/mol. The number of aliphatic hydroxyl groups is 1. The molecule has 0 aliphatic heterocycles. The van der Waals surface area contributed by atoms with Gasteiger partial charge in [-0.15, -0.1) is 0 Å². The molecule has 43 heavy (non-hydrogen) atoms. The maximum Gasteiger partial charge on any atom is 0.335 e. The van der Waals surface area contributed by atoms with Crippen LogP contribution >= 0.6 is 0 Å². The minimum atomic E-state index is -0.837. The lowest BCUT2D eigenvalue weighted by atomic mass is 9.35. The van der Waals surface area contributed by atoms with Crippen molar-refractivity contribution in [2.24, 2.45) is 51.2 Å². The Kier molecular flexibility index (Phi) is 12.7. The largest absolute Gasteiger partial charge is 0.478 e. The Labute approximate surface area is 267 Å². The van der Waals surface area contributed by atoms with E-state index in [0.29, 0.717) is 34.8 Å². The van der Waals surface area contributed by atoms with Crippen molar-refractivity contribution in [2.75, 3.05) is 6.61 Å². The smallest absolute Gasteiger partial charge is 0.335 e. The number of hydrogen-bond acceptors (Lipinski definition) is 2. The van der Waals surface area contributed by atoms with E-state index < -0.39 is 5.97 Å². The van der Waals surface area contributed by atoms with Gasteiger partial charge in [0.05, 0.1) is 5.56 Å². The molecule has 0 radical (unpaired) electrons. The van der Waals surface area contributed by atoms with Crippen LogP contribution in [0.2, 0.25) is 0 Å². The van der Waals surface area contributed by atoms with Gasteiger partial charge in [0, 0.05) is 6.61 Å². The summed E-state index contributed by atoms with van der Waals surface area (Å²) >= 11 is 0. The maximum absolute atomic E-state index is 11.4. The van der Waals surface area contributed by atoms with Gasteiger partial charge in [-0.1, -0.05) is 95.2 Å². The topological polar surface area (TPSA) is 57.5 Å². The summed E-state index contributed by atoms with van der Waals surface area (Å²) in [6, 6.07) is 7.79. The first-order valence-corrected chi connectivity index (χ1v) is 17.4. The Hall–Kier alpha value is -1.35. The summed E-state index contributed by atoms with van der Waals surface area (Å²) in [6.45, 7) is 19.1. The molecule has 0 spiro atoms. The van der Waals surface area contributed by atoms with Crippen LogP contribution in [0.5, 0.6) is 0 Å². The second kappa shape index (κ2) is 14.4. The number of carboxylic acid groups (broad SMARTS) is 1. The van der Waals surface area contributed by atoms with Crippen LogP contribution in [0.25, 0.3) is 0 Å². The van der Waals surface area contributed by atoms with Gasteiger partial charge in [0.25, 0.3) is 0 Å². The number of carboxylic acids is 1. The van der Waals surface area contributed by atoms with E-state index in [4.69, 9.17) is 0 Å². The summed E-state index contributed by atoms with van der Waals surface area (Å²) in [4.78, 5) is 11.4. The molecule has 1 aromatic rings. The molecule has 5 aliphatic rings. The standard InChI is InChI=1S/C33H48O3.C3H8.C2H6.2CH4/c1-30(2)24(21-7-9-22(10-8-21)29(35)36)13-17-32(4)27(30)15-18-31(3)25-14-19-33(20-34)16-5-6-26(33)23(25)11-12-28(31)32;1-3-2;1-2;;/h7-10,23-28,34H,5-6,11-20H2,1-4H3,(H,35,36);3H2,1-2H3;1-2H3;2*1H4.